The number of halogens is 8. The highest BCUT2D eigenvalue weighted by Crippen LogP contribution is 2.42. The number of amides is 1. The van der Waals surface area contributed by atoms with Crippen molar-refractivity contribution in [3.8, 4) is 23.0 Å². The summed E-state index contributed by atoms with van der Waals surface area (Å²) in [4.78, 5) is 28.6. The van der Waals surface area contributed by atoms with E-state index in [9.17, 15) is 40.3 Å². The molecule has 1 N–H and O–H groups in total. The lowest BCUT2D eigenvalue weighted by atomic mass is 10.1. The Kier molecular flexibility index (Phi) is 8.40. The van der Waals surface area contributed by atoms with Crippen molar-refractivity contribution < 1.29 is 63.7 Å². The third-order valence-corrected chi connectivity index (χ3v) is 5.06. The van der Waals surface area contributed by atoms with Crippen LogP contribution >= 0.6 is 0 Å². The van der Waals surface area contributed by atoms with E-state index in [0.717, 1.165) is 26.5 Å². The molecule has 3 aromatic rings. The quantitative estimate of drug-likeness (QED) is 0.254. The van der Waals surface area contributed by atoms with E-state index < -0.39 is 70.2 Å². The van der Waals surface area contributed by atoms with Gasteiger partial charge in [-0.2, -0.15) is 17.6 Å². The van der Waals surface area contributed by atoms with E-state index in [0.29, 0.717) is 18.2 Å². The van der Waals surface area contributed by atoms with Crippen molar-refractivity contribution in [2.24, 2.45) is 0 Å². The first-order valence-electron chi connectivity index (χ1n) is 10.6. The average molecular weight is 580 g/mol. The van der Waals surface area contributed by atoms with Crippen molar-refractivity contribution in [3.63, 3.8) is 0 Å². The summed E-state index contributed by atoms with van der Waals surface area (Å²) in [6.07, 6.45) is -9.42. The molecule has 0 saturated carbocycles. The van der Waals surface area contributed by atoms with Gasteiger partial charge in [-0.15, -0.1) is 13.2 Å². The summed E-state index contributed by atoms with van der Waals surface area (Å²) in [5.74, 6) is -10.2. The van der Waals surface area contributed by atoms with Gasteiger partial charge in [-0.1, -0.05) is 0 Å². The molecule has 1 aromatic heterocycles. The molecule has 8 nitrogen and oxygen atoms in total. The number of ether oxygens (including phenoxy) is 4. The Labute approximate surface area is 219 Å². The summed E-state index contributed by atoms with van der Waals surface area (Å²) in [6.45, 7) is 1.40. The van der Waals surface area contributed by atoms with Crippen molar-refractivity contribution in [2.45, 2.75) is 19.5 Å². The monoisotopic (exact) mass is 580 g/mol. The van der Waals surface area contributed by atoms with E-state index in [4.69, 9.17) is 9.47 Å². The van der Waals surface area contributed by atoms with Crippen LogP contribution in [0.5, 0.6) is 23.0 Å². The van der Waals surface area contributed by atoms with Gasteiger partial charge in [-0.3, -0.25) is 4.79 Å². The van der Waals surface area contributed by atoms with Crippen LogP contribution in [-0.4, -0.2) is 37.4 Å². The molecule has 0 aliphatic rings. The minimum atomic E-state index is -5.28. The van der Waals surface area contributed by atoms with Crippen molar-refractivity contribution in [1.29, 1.82) is 0 Å². The van der Waals surface area contributed by atoms with Crippen LogP contribution in [0.25, 0.3) is 0 Å². The summed E-state index contributed by atoms with van der Waals surface area (Å²) in [5.41, 5.74) is -3.44. The fourth-order valence-corrected chi connectivity index (χ4v) is 3.25. The van der Waals surface area contributed by atoms with Crippen LogP contribution in [0.15, 0.2) is 36.5 Å². The first-order chi connectivity index (χ1) is 18.6. The van der Waals surface area contributed by atoms with Gasteiger partial charge in [-0.25, -0.2) is 14.2 Å². The van der Waals surface area contributed by atoms with Gasteiger partial charge in [0.05, 0.1) is 19.8 Å². The molecule has 0 saturated heterocycles. The summed E-state index contributed by atoms with van der Waals surface area (Å²) in [7, 11) is 1.87. The fourth-order valence-electron chi connectivity index (χ4n) is 3.25. The van der Waals surface area contributed by atoms with Gasteiger partial charge in [0.1, 0.15) is 17.0 Å². The van der Waals surface area contributed by atoms with E-state index in [2.05, 4.69) is 19.8 Å². The van der Waals surface area contributed by atoms with Gasteiger partial charge >= 0.3 is 18.5 Å². The Hall–Kier alpha value is -4.63. The number of carbonyl (C=O) groups is 2. The molecule has 40 heavy (non-hydrogen) atoms. The Bertz CT molecular complexity index is 1460. The number of hydrogen-bond acceptors (Lipinski definition) is 7. The number of rotatable bonds is 7. The first-order valence-corrected chi connectivity index (χ1v) is 10.6. The van der Waals surface area contributed by atoms with Crippen LogP contribution in [0.1, 0.15) is 32.0 Å². The Morgan fingerprint density at radius 1 is 0.900 bits per heavy atom. The summed E-state index contributed by atoms with van der Waals surface area (Å²) in [5, 5.41) is 2.14. The summed E-state index contributed by atoms with van der Waals surface area (Å²) >= 11 is 0. The molecule has 0 atom stereocenters. The lowest BCUT2D eigenvalue weighted by molar-refractivity contribution is -0.275. The van der Waals surface area contributed by atoms with Gasteiger partial charge in [0.25, 0.3) is 5.91 Å². The number of aromatic nitrogens is 1. The number of benzene rings is 2. The molecule has 2 aromatic carbocycles. The largest absolute Gasteiger partial charge is 0.573 e. The topological polar surface area (TPSA) is 96.0 Å². The Morgan fingerprint density at radius 2 is 1.52 bits per heavy atom. The number of methoxy groups -OCH3 is 2. The van der Waals surface area contributed by atoms with Gasteiger partial charge in [0.2, 0.25) is 11.6 Å². The minimum absolute atomic E-state index is 0.166. The number of aryl methyl sites for hydroxylation is 1. The Morgan fingerprint density at radius 3 is 2.10 bits per heavy atom. The van der Waals surface area contributed by atoms with Crippen molar-refractivity contribution in [2.75, 3.05) is 19.5 Å². The third kappa shape index (κ3) is 6.50. The second-order valence-corrected chi connectivity index (χ2v) is 7.69. The highest BCUT2D eigenvalue weighted by molar-refractivity contribution is 6.07. The Balaban J connectivity index is 2.12. The van der Waals surface area contributed by atoms with Crippen LogP contribution in [0, 0.1) is 18.6 Å². The smallest absolute Gasteiger partial charge is 0.490 e. The van der Waals surface area contributed by atoms with Gasteiger partial charge < -0.3 is 24.3 Å². The fraction of sp³-hybridized carbons (Fsp3) is 0.208. The first kappa shape index (κ1) is 29.9. The molecule has 0 fully saturated rings. The van der Waals surface area contributed by atoms with E-state index in [1.165, 1.54) is 6.92 Å². The zero-order chi connectivity index (χ0) is 30.0. The van der Waals surface area contributed by atoms with Crippen LogP contribution < -0.4 is 19.5 Å². The predicted octanol–water partition coefficient (Wildman–Crippen LogP) is 6.43. The van der Waals surface area contributed by atoms with Gasteiger partial charge in [0.15, 0.2) is 17.3 Å². The molecule has 0 bridgehead atoms. The van der Waals surface area contributed by atoms with E-state index in [1.54, 1.807) is 0 Å². The van der Waals surface area contributed by atoms with Crippen LogP contribution in [0.4, 0.5) is 40.8 Å². The average Bonchev–Trinajstić information content (AvgIpc) is 2.85. The van der Waals surface area contributed by atoms with Crippen LogP contribution in [-0.2, 0) is 10.9 Å². The molecule has 0 aliphatic carbocycles. The van der Waals surface area contributed by atoms with E-state index >= 15 is 4.39 Å². The minimum Gasteiger partial charge on any atom is -0.490 e. The number of hydrogen-bond donors (Lipinski definition) is 1. The van der Waals surface area contributed by atoms with E-state index in [1.807, 2.05) is 0 Å². The molecular formula is C24H16F8N2O6. The predicted molar refractivity (Wildman–Crippen MR) is 119 cm³/mol. The van der Waals surface area contributed by atoms with Gasteiger partial charge in [0, 0.05) is 11.9 Å². The molecule has 1 heterocycles. The number of nitrogens with one attached hydrogen (secondary N) is 1. The number of alkyl halides is 6. The number of nitrogens with zero attached hydrogens (tertiary/aromatic N) is 1. The number of anilines is 1. The summed E-state index contributed by atoms with van der Waals surface area (Å²) in [6, 6.07) is 2.95. The normalized spacial score (nSPS) is 11.6. The zero-order valence-corrected chi connectivity index (χ0v) is 20.4. The molecule has 0 spiro atoms. The molecule has 0 aliphatic heterocycles. The maximum Gasteiger partial charge on any atom is 0.573 e. The lowest BCUT2D eigenvalue weighted by Gasteiger charge is -2.18. The molecule has 16 heteroatoms. The van der Waals surface area contributed by atoms with Crippen LogP contribution in [0.3, 0.4) is 0 Å². The van der Waals surface area contributed by atoms with Crippen molar-refractivity contribution in [1.82, 2.24) is 4.98 Å². The molecule has 214 valence electrons. The molecule has 0 radical (unpaired) electrons. The highest BCUT2D eigenvalue weighted by atomic mass is 19.4. The molecular weight excluding hydrogens is 564 g/mol. The molecule has 3 rings (SSSR count). The maximum absolute atomic E-state index is 15.2. The highest BCUT2D eigenvalue weighted by Gasteiger charge is 2.38. The standard InChI is InChI=1S/C24H16F8N2O6/c1-10-9-33-13(22(36)38-3)8-12(10)34-21(35)17-14(5-4-11(18(17)25)23(27,28)29)39-16-7-6-15(40-24(30,31)32)19(26)20(16)37-2/h4-9H,1-3H3,(H,33,34,35). The molecule has 0 unspecified atom stereocenters. The van der Waals surface area contributed by atoms with E-state index in [-0.39, 0.29) is 23.0 Å². The second-order valence-electron chi connectivity index (χ2n) is 7.69. The van der Waals surface area contributed by atoms with Gasteiger partial charge in [-0.05, 0) is 42.8 Å². The maximum atomic E-state index is 15.2. The number of pyridine rings is 1. The lowest BCUT2D eigenvalue weighted by Crippen LogP contribution is -2.20. The molecule has 1 amide bonds. The third-order valence-electron chi connectivity index (χ3n) is 5.06. The number of carbonyl (C=O) groups excluding carboxylic acids is 2. The van der Waals surface area contributed by atoms with Crippen LogP contribution in [0.2, 0.25) is 0 Å². The van der Waals surface area contributed by atoms with Crippen molar-refractivity contribution in [3.05, 3.63) is 70.5 Å². The van der Waals surface area contributed by atoms with Crippen molar-refractivity contribution >= 4 is 17.6 Å². The summed E-state index contributed by atoms with van der Waals surface area (Å²) < 4.78 is 126. The SMILES string of the molecule is COC(=O)c1cc(NC(=O)c2c(Oc3ccc(OC(F)(F)F)c(F)c3OC)ccc(C(F)(F)F)c2F)c(C)cn1. The zero-order valence-electron chi connectivity index (χ0n) is 20.4. The second kappa shape index (κ2) is 11.2. The number of esters is 1.